The highest BCUT2D eigenvalue weighted by atomic mass is 16.1. The van der Waals surface area contributed by atoms with Gasteiger partial charge in [-0.1, -0.05) is 13.8 Å². The van der Waals surface area contributed by atoms with Crippen molar-refractivity contribution in [2.45, 2.75) is 34.2 Å². The molecule has 0 bridgehead atoms. The maximum atomic E-state index is 12.2. The number of carbonyl (C=O) groups is 2. The fourth-order valence-electron chi connectivity index (χ4n) is 2.04. The first-order valence-electron chi connectivity index (χ1n) is 7.26. The normalized spacial score (nSPS) is 10.8. The number of nitrogens with zero attached hydrogens (tertiary/aromatic N) is 3. The van der Waals surface area contributed by atoms with E-state index in [1.54, 1.807) is 32.4 Å². The van der Waals surface area contributed by atoms with E-state index >= 15 is 0 Å². The van der Waals surface area contributed by atoms with Crippen LogP contribution in [0.4, 0.5) is 5.69 Å². The quantitative estimate of drug-likeness (QED) is 0.861. The first-order chi connectivity index (χ1) is 10.4. The molecule has 0 aliphatic rings. The highest BCUT2D eigenvalue weighted by Crippen LogP contribution is 2.24. The molecular weight excluding hydrogens is 280 g/mol. The molecule has 0 aliphatic heterocycles. The number of pyridine rings is 1. The Labute approximate surface area is 129 Å². The molecule has 0 saturated carbocycles. The second-order valence-corrected chi connectivity index (χ2v) is 5.41. The largest absolute Gasteiger partial charge is 0.337 e. The van der Waals surface area contributed by atoms with Gasteiger partial charge in [-0.25, -0.2) is 4.98 Å². The van der Waals surface area contributed by atoms with Crippen molar-refractivity contribution < 1.29 is 9.59 Å². The molecule has 22 heavy (non-hydrogen) atoms. The summed E-state index contributed by atoms with van der Waals surface area (Å²) in [5, 5.41) is 2.68. The molecular formula is C16H20N4O2. The molecule has 2 heterocycles. The van der Waals surface area contributed by atoms with Gasteiger partial charge in [0, 0.05) is 37.3 Å². The van der Waals surface area contributed by atoms with Gasteiger partial charge in [-0.3, -0.25) is 14.6 Å². The summed E-state index contributed by atoms with van der Waals surface area (Å²) in [5.41, 5.74) is 2.22. The van der Waals surface area contributed by atoms with Crippen molar-refractivity contribution in [2.75, 3.05) is 5.32 Å². The molecule has 6 heteroatoms. The molecule has 0 aliphatic carbocycles. The second-order valence-electron chi connectivity index (χ2n) is 5.41. The van der Waals surface area contributed by atoms with Gasteiger partial charge in [0.25, 0.3) is 0 Å². The van der Waals surface area contributed by atoms with Crippen LogP contribution in [0.2, 0.25) is 0 Å². The SMILES string of the molecule is CCn1cnc(-c2cnc(C(=O)C(C)C)c(NC(C)=O)c2)c1. The minimum atomic E-state index is -0.240. The molecule has 0 unspecified atom stereocenters. The third-order valence-corrected chi connectivity index (χ3v) is 3.25. The molecule has 0 fully saturated rings. The fraction of sp³-hybridized carbons (Fsp3) is 0.375. The standard InChI is InChI=1S/C16H20N4O2/c1-5-20-8-14(18-9-20)12-6-13(19-11(4)21)15(17-7-12)16(22)10(2)3/h6-10H,5H2,1-4H3,(H,19,21). The third-order valence-electron chi connectivity index (χ3n) is 3.25. The van der Waals surface area contributed by atoms with E-state index in [0.717, 1.165) is 17.8 Å². The second kappa shape index (κ2) is 6.51. The Hall–Kier alpha value is -2.50. The number of amides is 1. The number of anilines is 1. The van der Waals surface area contributed by atoms with Gasteiger partial charge in [0.2, 0.25) is 5.91 Å². The van der Waals surface area contributed by atoms with Gasteiger partial charge in [-0.15, -0.1) is 0 Å². The molecule has 0 spiro atoms. The van der Waals surface area contributed by atoms with Gasteiger partial charge in [0.1, 0.15) is 5.69 Å². The molecule has 0 saturated heterocycles. The molecule has 116 valence electrons. The summed E-state index contributed by atoms with van der Waals surface area (Å²) in [6.07, 6.45) is 5.25. The predicted octanol–water partition coefficient (Wildman–Crippen LogP) is 2.76. The van der Waals surface area contributed by atoms with E-state index in [0.29, 0.717) is 5.69 Å². The van der Waals surface area contributed by atoms with Crippen molar-refractivity contribution in [3.63, 3.8) is 0 Å². The number of hydrogen-bond acceptors (Lipinski definition) is 4. The van der Waals surface area contributed by atoms with Crippen LogP contribution in [0.15, 0.2) is 24.8 Å². The number of aromatic nitrogens is 3. The Morgan fingerprint density at radius 1 is 1.32 bits per heavy atom. The number of Topliss-reactive ketones (excluding diaryl/α,β-unsaturated/α-hetero) is 1. The zero-order valence-corrected chi connectivity index (χ0v) is 13.3. The summed E-state index contributed by atoms with van der Waals surface area (Å²) < 4.78 is 1.95. The van der Waals surface area contributed by atoms with Crippen LogP contribution in [-0.4, -0.2) is 26.2 Å². The number of rotatable bonds is 5. The zero-order chi connectivity index (χ0) is 16.3. The monoisotopic (exact) mass is 300 g/mol. The minimum Gasteiger partial charge on any atom is -0.337 e. The summed E-state index contributed by atoms with van der Waals surface area (Å²) in [4.78, 5) is 32.2. The van der Waals surface area contributed by atoms with Gasteiger partial charge in [-0.2, -0.15) is 0 Å². The molecule has 0 aromatic carbocycles. The van der Waals surface area contributed by atoms with Crippen molar-refractivity contribution in [1.82, 2.24) is 14.5 Å². The molecule has 2 aromatic rings. The first kappa shape index (κ1) is 15.9. The van der Waals surface area contributed by atoms with Crippen molar-refractivity contribution in [2.24, 2.45) is 5.92 Å². The summed E-state index contributed by atoms with van der Waals surface area (Å²) >= 11 is 0. The average molecular weight is 300 g/mol. The number of aryl methyl sites for hydroxylation is 1. The van der Waals surface area contributed by atoms with Gasteiger partial charge in [0.05, 0.1) is 17.7 Å². The van der Waals surface area contributed by atoms with Crippen LogP contribution in [0, 0.1) is 5.92 Å². The van der Waals surface area contributed by atoms with Crippen LogP contribution in [0.25, 0.3) is 11.3 Å². The topological polar surface area (TPSA) is 76.9 Å². The maximum Gasteiger partial charge on any atom is 0.221 e. The number of hydrogen-bond donors (Lipinski definition) is 1. The summed E-state index contributed by atoms with van der Waals surface area (Å²) in [6, 6.07) is 1.74. The average Bonchev–Trinajstić information content (AvgIpc) is 2.94. The van der Waals surface area contributed by atoms with Crippen LogP contribution in [0.1, 0.15) is 38.2 Å². The molecule has 2 rings (SSSR count). The van der Waals surface area contributed by atoms with Gasteiger partial charge in [-0.05, 0) is 13.0 Å². The molecule has 1 N–H and O–H groups in total. The van der Waals surface area contributed by atoms with Gasteiger partial charge in [0.15, 0.2) is 5.78 Å². The lowest BCUT2D eigenvalue weighted by molar-refractivity contribution is -0.114. The highest BCUT2D eigenvalue weighted by Gasteiger charge is 2.18. The zero-order valence-electron chi connectivity index (χ0n) is 13.3. The summed E-state index contributed by atoms with van der Waals surface area (Å²) in [7, 11) is 0. The van der Waals surface area contributed by atoms with Crippen LogP contribution in [-0.2, 0) is 11.3 Å². The molecule has 0 radical (unpaired) electrons. The number of carbonyl (C=O) groups excluding carboxylic acids is 2. The lowest BCUT2D eigenvalue weighted by atomic mass is 10.0. The lowest BCUT2D eigenvalue weighted by Crippen LogP contribution is -2.16. The van der Waals surface area contributed by atoms with E-state index < -0.39 is 0 Å². The Bertz CT molecular complexity index is 704. The predicted molar refractivity (Wildman–Crippen MR) is 84.6 cm³/mol. The lowest BCUT2D eigenvalue weighted by Gasteiger charge is -2.11. The van der Waals surface area contributed by atoms with Crippen molar-refractivity contribution >= 4 is 17.4 Å². The van der Waals surface area contributed by atoms with E-state index in [2.05, 4.69) is 15.3 Å². The maximum absolute atomic E-state index is 12.2. The van der Waals surface area contributed by atoms with E-state index in [4.69, 9.17) is 0 Å². The molecule has 6 nitrogen and oxygen atoms in total. The Morgan fingerprint density at radius 3 is 2.59 bits per heavy atom. The van der Waals surface area contributed by atoms with Crippen LogP contribution >= 0.6 is 0 Å². The van der Waals surface area contributed by atoms with Gasteiger partial charge < -0.3 is 9.88 Å². The van der Waals surface area contributed by atoms with Crippen LogP contribution in [0.5, 0.6) is 0 Å². The van der Waals surface area contributed by atoms with E-state index in [1.807, 2.05) is 17.7 Å². The molecule has 1 amide bonds. The first-order valence-corrected chi connectivity index (χ1v) is 7.26. The minimum absolute atomic E-state index is 0.102. The smallest absolute Gasteiger partial charge is 0.221 e. The van der Waals surface area contributed by atoms with E-state index in [1.165, 1.54) is 6.92 Å². The summed E-state index contributed by atoms with van der Waals surface area (Å²) in [5.74, 6) is -0.532. The fourth-order valence-corrected chi connectivity index (χ4v) is 2.04. The van der Waals surface area contributed by atoms with Crippen molar-refractivity contribution in [3.05, 3.63) is 30.5 Å². The van der Waals surface area contributed by atoms with Crippen molar-refractivity contribution in [1.29, 1.82) is 0 Å². The number of ketones is 1. The molecule has 0 atom stereocenters. The Balaban J connectivity index is 2.46. The number of nitrogens with one attached hydrogen (secondary N) is 1. The van der Waals surface area contributed by atoms with Crippen molar-refractivity contribution in [3.8, 4) is 11.3 Å². The number of imidazole rings is 1. The van der Waals surface area contributed by atoms with Crippen LogP contribution in [0.3, 0.4) is 0 Å². The van der Waals surface area contributed by atoms with E-state index in [9.17, 15) is 9.59 Å². The molecule has 2 aromatic heterocycles. The highest BCUT2D eigenvalue weighted by molar-refractivity contribution is 6.04. The Kier molecular flexibility index (Phi) is 4.70. The summed E-state index contributed by atoms with van der Waals surface area (Å²) in [6.45, 7) is 7.86. The van der Waals surface area contributed by atoms with Gasteiger partial charge >= 0.3 is 0 Å². The Morgan fingerprint density at radius 2 is 2.05 bits per heavy atom. The van der Waals surface area contributed by atoms with E-state index in [-0.39, 0.29) is 23.3 Å². The van der Waals surface area contributed by atoms with Crippen LogP contribution < -0.4 is 5.32 Å². The third kappa shape index (κ3) is 3.39.